The van der Waals surface area contributed by atoms with Gasteiger partial charge in [-0.05, 0) is 29.8 Å². The fraction of sp³-hybridized carbons (Fsp3) is 0.350. The number of halogens is 1. The van der Waals surface area contributed by atoms with Crippen LogP contribution in [0.3, 0.4) is 0 Å². The number of hydrogen-bond donors (Lipinski definition) is 6. The number of aliphatic hydroxyl groups excluding tert-OH is 4. The lowest BCUT2D eigenvalue weighted by Crippen LogP contribution is -2.60. The molecular formula is C20H22ClNO8. The van der Waals surface area contributed by atoms with E-state index in [0.717, 1.165) is 5.56 Å². The smallest absolute Gasteiger partial charge is 0.259 e. The van der Waals surface area contributed by atoms with Crippen molar-refractivity contribution in [1.29, 1.82) is 0 Å². The molecule has 2 aromatic rings. The second-order valence-electron chi connectivity index (χ2n) is 6.77. The summed E-state index contributed by atoms with van der Waals surface area (Å²) in [5.74, 6) is -1.14. The Balaban J connectivity index is 1.77. The predicted octanol–water partition coefficient (Wildman–Crippen LogP) is 0.154. The molecular weight excluding hydrogens is 418 g/mol. The fourth-order valence-corrected chi connectivity index (χ4v) is 3.13. The van der Waals surface area contributed by atoms with Gasteiger partial charge >= 0.3 is 0 Å². The van der Waals surface area contributed by atoms with Crippen molar-refractivity contribution in [3.05, 3.63) is 58.6 Å². The highest BCUT2D eigenvalue weighted by molar-refractivity contribution is 6.30. The molecule has 162 valence electrons. The molecule has 0 aliphatic carbocycles. The van der Waals surface area contributed by atoms with Crippen LogP contribution < -0.4 is 10.1 Å². The van der Waals surface area contributed by atoms with Gasteiger partial charge in [0, 0.05) is 11.6 Å². The van der Waals surface area contributed by atoms with Crippen LogP contribution in [0.1, 0.15) is 15.9 Å². The third-order valence-corrected chi connectivity index (χ3v) is 4.94. The molecule has 0 saturated carbocycles. The van der Waals surface area contributed by atoms with E-state index in [2.05, 4.69) is 5.32 Å². The van der Waals surface area contributed by atoms with E-state index in [-0.39, 0.29) is 23.6 Å². The van der Waals surface area contributed by atoms with E-state index in [1.807, 2.05) is 0 Å². The van der Waals surface area contributed by atoms with Gasteiger partial charge in [-0.1, -0.05) is 29.8 Å². The third kappa shape index (κ3) is 4.84. The Labute approximate surface area is 177 Å². The van der Waals surface area contributed by atoms with Crippen molar-refractivity contribution in [3.8, 4) is 11.5 Å². The van der Waals surface area contributed by atoms with E-state index in [9.17, 15) is 30.3 Å². The Kier molecular flexibility index (Phi) is 7.14. The minimum atomic E-state index is -1.66. The third-order valence-electron chi connectivity index (χ3n) is 4.69. The maximum absolute atomic E-state index is 12.7. The molecule has 1 heterocycles. The molecule has 1 saturated heterocycles. The molecule has 0 aromatic heterocycles. The van der Waals surface area contributed by atoms with E-state index < -0.39 is 43.2 Å². The van der Waals surface area contributed by atoms with Crippen molar-refractivity contribution in [2.45, 2.75) is 37.3 Å². The Bertz CT molecular complexity index is 876. The lowest BCUT2D eigenvalue weighted by atomic mass is 9.99. The van der Waals surface area contributed by atoms with Gasteiger partial charge in [0.25, 0.3) is 5.91 Å². The van der Waals surface area contributed by atoms with Gasteiger partial charge in [-0.15, -0.1) is 0 Å². The van der Waals surface area contributed by atoms with Crippen LogP contribution >= 0.6 is 11.6 Å². The molecule has 3 rings (SSSR count). The Hall–Kier alpha value is -2.40. The number of benzene rings is 2. The van der Waals surface area contributed by atoms with Gasteiger partial charge in [-0.25, -0.2) is 0 Å². The molecule has 1 amide bonds. The van der Waals surface area contributed by atoms with Gasteiger partial charge < -0.3 is 40.3 Å². The summed E-state index contributed by atoms with van der Waals surface area (Å²) in [5, 5.41) is 52.6. The van der Waals surface area contributed by atoms with Crippen molar-refractivity contribution in [2.75, 3.05) is 6.61 Å². The zero-order valence-corrected chi connectivity index (χ0v) is 16.4. The molecule has 1 aliphatic heterocycles. The minimum Gasteiger partial charge on any atom is -0.507 e. The largest absolute Gasteiger partial charge is 0.507 e. The number of carbonyl (C=O) groups is 1. The van der Waals surface area contributed by atoms with E-state index in [1.165, 1.54) is 18.2 Å². The van der Waals surface area contributed by atoms with Crippen LogP contribution in [0.5, 0.6) is 11.5 Å². The first-order valence-electron chi connectivity index (χ1n) is 9.13. The van der Waals surface area contributed by atoms with Gasteiger partial charge in [-0.2, -0.15) is 0 Å². The number of rotatable bonds is 6. The standard InChI is InChI=1S/C20H22ClNO8/c21-11-6-4-10(5-7-11)8-22-19(28)15-12(24)2-1-3-13(15)29-20-18(27)17(26)16(25)14(9-23)30-20/h1-7,14,16-18,20,23-27H,8-9H2,(H,22,28)/t14-,16-,17+,18-,20-/m1/s1. The van der Waals surface area contributed by atoms with Crippen molar-refractivity contribution in [1.82, 2.24) is 5.32 Å². The van der Waals surface area contributed by atoms with Gasteiger partial charge in [0.15, 0.2) is 0 Å². The second kappa shape index (κ2) is 9.61. The highest BCUT2D eigenvalue weighted by atomic mass is 35.5. The number of phenols is 1. The molecule has 2 aromatic carbocycles. The van der Waals surface area contributed by atoms with Crippen molar-refractivity contribution >= 4 is 17.5 Å². The molecule has 0 spiro atoms. The summed E-state index contributed by atoms with van der Waals surface area (Å²) in [6.45, 7) is -0.469. The zero-order chi connectivity index (χ0) is 21.8. The van der Waals surface area contributed by atoms with Crippen molar-refractivity contribution in [2.24, 2.45) is 0 Å². The van der Waals surface area contributed by atoms with Crippen LogP contribution in [-0.2, 0) is 11.3 Å². The highest BCUT2D eigenvalue weighted by Crippen LogP contribution is 2.31. The monoisotopic (exact) mass is 439 g/mol. The molecule has 1 aliphatic rings. The zero-order valence-electron chi connectivity index (χ0n) is 15.7. The Morgan fingerprint density at radius 1 is 1.07 bits per heavy atom. The van der Waals surface area contributed by atoms with E-state index in [1.54, 1.807) is 24.3 Å². The molecule has 10 heteroatoms. The van der Waals surface area contributed by atoms with Gasteiger partial charge in [0.1, 0.15) is 41.5 Å². The lowest BCUT2D eigenvalue weighted by Gasteiger charge is -2.39. The van der Waals surface area contributed by atoms with Gasteiger partial charge in [0.05, 0.1) is 6.61 Å². The average molecular weight is 440 g/mol. The fourth-order valence-electron chi connectivity index (χ4n) is 3.01. The number of ether oxygens (including phenoxy) is 2. The van der Waals surface area contributed by atoms with Crippen LogP contribution in [0.15, 0.2) is 42.5 Å². The quantitative estimate of drug-likeness (QED) is 0.372. The first-order chi connectivity index (χ1) is 14.3. The van der Waals surface area contributed by atoms with Crippen LogP contribution in [0.4, 0.5) is 0 Å². The summed E-state index contributed by atoms with van der Waals surface area (Å²) >= 11 is 5.84. The number of hydrogen-bond acceptors (Lipinski definition) is 8. The van der Waals surface area contributed by atoms with E-state index in [0.29, 0.717) is 5.02 Å². The molecule has 30 heavy (non-hydrogen) atoms. The van der Waals surface area contributed by atoms with E-state index >= 15 is 0 Å². The maximum atomic E-state index is 12.7. The summed E-state index contributed by atoms with van der Waals surface area (Å²) in [5.41, 5.74) is 0.572. The molecule has 0 unspecified atom stereocenters. The highest BCUT2D eigenvalue weighted by Gasteiger charge is 2.45. The van der Waals surface area contributed by atoms with E-state index in [4.69, 9.17) is 21.1 Å². The minimum absolute atomic E-state index is 0.118. The van der Waals surface area contributed by atoms with Crippen LogP contribution in [-0.4, -0.2) is 68.8 Å². The first kappa shape index (κ1) is 22.3. The van der Waals surface area contributed by atoms with Gasteiger partial charge in [0.2, 0.25) is 6.29 Å². The SMILES string of the molecule is O=C(NCc1ccc(Cl)cc1)c1c(O)cccc1O[C@@H]1O[C@H](CO)[C@@H](O)[C@H](O)[C@H]1O. The molecule has 0 bridgehead atoms. The van der Waals surface area contributed by atoms with Gasteiger partial charge in [-0.3, -0.25) is 4.79 Å². The normalized spacial score (nSPS) is 26.2. The number of nitrogens with one attached hydrogen (secondary N) is 1. The summed E-state index contributed by atoms with van der Waals surface area (Å²) in [4.78, 5) is 12.7. The predicted molar refractivity (Wildman–Crippen MR) is 105 cm³/mol. The van der Waals surface area contributed by atoms with Crippen molar-refractivity contribution < 1.29 is 39.8 Å². The Morgan fingerprint density at radius 3 is 2.43 bits per heavy atom. The summed E-state index contributed by atoms with van der Waals surface area (Å²) < 4.78 is 10.8. The summed E-state index contributed by atoms with van der Waals surface area (Å²) in [6, 6.07) is 10.9. The number of carbonyl (C=O) groups excluding carboxylic acids is 1. The summed E-state index contributed by atoms with van der Waals surface area (Å²) in [6.07, 6.45) is -7.51. The van der Waals surface area contributed by atoms with Crippen LogP contribution in [0.25, 0.3) is 0 Å². The summed E-state index contributed by atoms with van der Waals surface area (Å²) in [7, 11) is 0. The van der Waals surface area contributed by atoms with Crippen molar-refractivity contribution in [3.63, 3.8) is 0 Å². The number of amides is 1. The number of aliphatic hydroxyl groups is 4. The Morgan fingerprint density at radius 2 is 1.77 bits per heavy atom. The maximum Gasteiger partial charge on any atom is 0.259 e. The second-order valence-corrected chi connectivity index (χ2v) is 7.21. The molecule has 9 nitrogen and oxygen atoms in total. The van der Waals surface area contributed by atoms with Crippen LogP contribution in [0, 0.1) is 0 Å². The number of phenolic OH excluding ortho intramolecular Hbond substituents is 1. The molecule has 6 N–H and O–H groups in total. The topological polar surface area (TPSA) is 149 Å². The number of aromatic hydroxyl groups is 1. The lowest BCUT2D eigenvalue weighted by molar-refractivity contribution is -0.277. The first-order valence-corrected chi connectivity index (χ1v) is 9.51. The molecule has 5 atom stereocenters. The average Bonchev–Trinajstić information content (AvgIpc) is 2.73. The van der Waals surface area contributed by atoms with Crippen LogP contribution in [0.2, 0.25) is 5.02 Å². The molecule has 1 fully saturated rings. The molecule has 0 radical (unpaired) electrons.